The summed E-state index contributed by atoms with van der Waals surface area (Å²) in [6.07, 6.45) is -3.70. The Morgan fingerprint density at radius 3 is 1.65 bits per heavy atom. The lowest BCUT2D eigenvalue weighted by Gasteiger charge is -2.45. The van der Waals surface area contributed by atoms with Crippen molar-refractivity contribution in [3.8, 4) is 45.6 Å². The largest absolute Gasteiger partial charge is 0.507 e. The van der Waals surface area contributed by atoms with Gasteiger partial charge >= 0.3 is 0 Å². The van der Waals surface area contributed by atoms with Crippen LogP contribution in [0.25, 0.3) is 11.1 Å². The zero-order chi connectivity index (χ0) is 33.9. The van der Waals surface area contributed by atoms with Crippen molar-refractivity contribution in [3.63, 3.8) is 0 Å². The van der Waals surface area contributed by atoms with Gasteiger partial charge in [-0.1, -0.05) is 6.92 Å². The lowest BCUT2D eigenvalue weighted by molar-refractivity contribution is -0.114. The summed E-state index contributed by atoms with van der Waals surface area (Å²) in [4.78, 5) is 56.4. The molecule has 0 unspecified atom stereocenters. The monoisotopic (exact) mass is 632 g/mol. The Morgan fingerprint density at radius 2 is 1.13 bits per heavy atom. The molecule has 13 nitrogen and oxygen atoms in total. The average Bonchev–Trinajstić information content (AvgIpc) is 3.01. The zero-order valence-electron chi connectivity index (χ0n) is 25.0. The number of carbonyl (C=O) groups is 4. The molecule has 13 heteroatoms. The molecular weight excluding hydrogens is 604 g/mol. The standard InChI is InChI=1S/C33H28O13/c1-9-6-11-16(31(42)25(9)36)28(39)17-12(34)7-14(45-4)19(21(17)27(11)38)20-15(46-5)8-13(35)18-22(20)30(41)24-23(29(18)40)26(37)10(2)33(3,44)32(24)43/h6-8,10,26,32,34-37,42-44H,1-5H3/t10-,26-,32+,33-/m1/s1. The van der Waals surface area contributed by atoms with Gasteiger partial charge < -0.3 is 45.2 Å². The molecule has 3 aliphatic rings. The lowest BCUT2D eigenvalue weighted by Crippen LogP contribution is -2.57. The predicted octanol–water partition coefficient (Wildman–Crippen LogP) is 2.08. The topological polar surface area (TPSA) is 228 Å². The number of aryl methyl sites for hydroxylation is 1. The van der Waals surface area contributed by atoms with Crippen LogP contribution in [0.2, 0.25) is 0 Å². The number of aliphatic hydroxyl groups excluding tert-OH is 2. The summed E-state index contributed by atoms with van der Waals surface area (Å²) in [5, 5.41) is 76.3. The first-order chi connectivity index (χ1) is 21.5. The lowest BCUT2D eigenvalue weighted by atomic mass is 9.64. The van der Waals surface area contributed by atoms with Crippen molar-refractivity contribution in [1.82, 2.24) is 0 Å². The number of methoxy groups -OCH3 is 2. The van der Waals surface area contributed by atoms with E-state index in [2.05, 4.69) is 0 Å². The van der Waals surface area contributed by atoms with Crippen molar-refractivity contribution in [1.29, 1.82) is 0 Å². The number of Topliss-reactive ketones (excluding diaryl/α,β-unsaturated/α-hetero) is 2. The summed E-state index contributed by atoms with van der Waals surface area (Å²) in [5.41, 5.74) is -7.18. The molecule has 46 heavy (non-hydrogen) atoms. The minimum Gasteiger partial charge on any atom is -0.507 e. The molecule has 0 radical (unpaired) electrons. The summed E-state index contributed by atoms with van der Waals surface area (Å²) in [6.45, 7) is 3.93. The van der Waals surface area contributed by atoms with E-state index >= 15 is 0 Å². The van der Waals surface area contributed by atoms with Crippen LogP contribution < -0.4 is 9.47 Å². The van der Waals surface area contributed by atoms with Gasteiger partial charge in [-0.05, 0) is 25.5 Å². The summed E-state index contributed by atoms with van der Waals surface area (Å²) >= 11 is 0. The van der Waals surface area contributed by atoms with Crippen LogP contribution in [0.4, 0.5) is 0 Å². The fourth-order valence-electron chi connectivity index (χ4n) is 6.67. The average molecular weight is 633 g/mol. The van der Waals surface area contributed by atoms with E-state index in [-0.39, 0.29) is 33.8 Å². The second-order valence-corrected chi connectivity index (χ2v) is 11.8. The van der Waals surface area contributed by atoms with Crippen molar-refractivity contribution in [3.05, 3.63) is 68.3 Å². The van der Waals surface area contributed by atoms with Crippen LogP contribution in [0.3, 0.4) is 0 Å². The van der Waals surface area contributed by atoms with E-state index in [1.54, 1.807) is 0 Å². The van der Waals surface area contributed by atoms with Crippen LogP contribution in [0, 0.1) is 12.8 Å². The van der Waals surface area contributed by atoms with Crippen LogP contribution in [0.15, 0.2) is 29.3 Å². The molecule has 0 fully saturated rings. The first kappa shape index (κ1) is 30.8. The van der Waals surface area contributed by atoms with Gasteiger partial charge in [0.2, 0.25) is 5.78 Å². The van der Waals surface area contributed by atoms with Gasteiger partial charge in [0, 0.05) is 57.0 Å². The Kier molecular flexibility index (Phi) is 6.61. The van der Waals surface area contributed by atoms with Gasteiger partial charge in [-0.15, -0.1) is 0 Å². The minimum absolute atomic E-state index is 0.0421. The molecule has 4 atom stereocenters. The highest BCUT2D eigenvalue weighted by Crippen LogP contribution is 2.54. The Hall–Kier alpha value is -5.24. The number of phenols is 4. The number of fused-ring (bicyclic) bond motifs is 3. The third-order valence-electron chi connectivity index (χ3n) is 9.37. The fourth-order valence-corrected chi connectivity index (χ4v) is 6.67. The highest BCUT2D eigenvalue weighted by molar-refractivity contribution is 6.35. The van der Waals surface area contributed by atoms with Gasteiger partial charge in [0.25, 0.3) is 0 Å². The molecule has 0 saturated heterocycles. The minimum atomic E-state index is -2.08. The Morgan fingerprint density at radius 1 is 0.652 bits per heavy atom. The summed E-state index contributed by atoms with van der Waals surface area (Å²) in [5.74, 6) is -8.91. The molecule has 6 rings (SSSR count). The van der Waals surface area contributed by atoms with Gasteiger partial charge in [0.15, 0.2) is 28.8 Å². The molecule has 0 amide bonds. The van der Waals surface area contributed by atoms with E-state index in [0.29, 0.717) is 0 Å². The molecule has 0 saturated carbocycles. The van der Waals surface area contributed by atoms with Crippen LogP contribution in [0.1, 0.15) is 72.0 Å². The molecule has 0 spiro atoms. The third-order valence-corrected chi connectivity index (χ3v) is 9.37. The smallest absolute Gasteiger partial charge is 0.202 e. The highest BCUT2D eigenvalue weighted by Gasteiger charge is 2.55. The Balaban J connectivity index is 1.76. The number of ether oxygens (including phenoxy) is 2. The number of hydrogen-bond donors (Lipinski definition) is 7. The Bertz CT molecular complexity index is 2020. The van der Waals surface area contributed by atoms with Gasteiger partial charge in [-0.2, -0.15) is 0 Å². The normalized spacial score (nSPS) is 23.5. The van der Waals surface area contributed by atoms with Crippen molar-refractivity contribution in [2.75, 3.05) is 14.2 Å². The Labute approximate surface area is 260 Å². The summed E-state index contributed by atoms with van der Waals surface area (Å²) in [6, 6.07) is 3.09. The van der Waals surface area contributed by atoms with Gasteiger partial charge in [-0.3, -0.25) is 19.2 Å². The van der Waals surface area contributed by atoms with E-state index in [0.717, 1.165) is 32.4 Å². The first-order valence-corrected chi connectivity index (χ1v) is 14.0. The number of aliphatic hydroxyl groups is 3. The van der Waals surface area contributed by atoms with E-state index in [1.165, 1.54) is 20.8 Å². The molecule has 3 aromatic carbocycles. The molecule has 0 aliphatic heterocycles. The maximum atomic E-state index is 14.4. The van der Waals surface area contributed by atoms with Crippen LogP contribution in [-0.4, -0.2) is 90.9 Å². The van der Waals surface area contributed by atoms with Crippen LogP contribution in [-0.2, 0) is 0 Å². The van der Waals surface area contributed by atoms with Crippen LogP contribution >= 0.6 is 0 Å². The second kappa shape index (κ2) is 9.88. The molecule has 3 aliphatic carbocycles. The quantitative estimate of drug-likeness (QED) is 0.161. The highest BCUT2D eigenvalue weighted by atomic mass is 16.5. The molecular formula is C33H28O13. The fraction of sp³-hybridized carbons (Fsp3) is 0.273. The number of phenolic OH excluding ortho intramolecular Hbond substituents is 4. The number of rotatable bonds is 3. The first-order valence-electron chi connectivity index (χ1n) is 14.0. The van der Waals surface area contributed by atoms with Crippen molar-refractivity contribution >= 4 is 23.1 Å². The van der Waals surface area contributed by atoms with Gasteiger partial charge in [-0.25, -0.2) is 0 Å². The SMILES string of the molecule is COc1cc(O)c2c(c1-c1c(OC)cc(O)c3c1C(=O)c1cc(C)c(O)c(O)c1C3=O)C(=O)C1=C(C2=O)[C@H](O)[C@@H](C)[C@@](C)(O)[C@H]1O. The van der Waals surface area contributed by atoms with Crippen molar-refractivity contribution in [2.45, 2.75) is 38.6 Å². The molecule has 7 N–H and O–H groups in total. The number of ketones is 4. The number of aromatic hydroxyl groups is 4. The van der Waals surface area contributed by atoms with E-state index < -0.39 is 109 Å². The zero-order valence-corrected chi connectivity index (χ0v) is 25.0. The molecule has 3 aromatic rings. The molecule has 0 heterocycles. The van der Waals surface area contributed by atoms with Crippen LogP contribution in [0.5, 0.6) is 34.5 Å². The van der Waals surface area contributed by atoms with Gasteiger partial charge in [0.1, 0.15) is 29.1 Å². The van der Waals surface area contributed by atoms with E-state index in [4.69, 9.17) is 9.47 Å². The second-order valence-electron chi connectivity index (χ2n) is 11.8. The maximum Gasteiger partial charge on any atom is 0.202 e. The number of benzene rings is 3. The maximum absolute atomic E-state index is 14.4. The summed E-state index contributed by atoms with van der Waals surface area (Å²) in [7, 11) is 2.32. The molecule has 0 bridgehead atoms. The predicted molar refractivity (Wildman–Crippen MR) is 157 cm³/mol. The third kappa shape index (κ3) is 3.67. The van der Waals surface area contributed by atoms with Gasteiger partial charge in [0.05, 0.1) is 42.6 Å². The number of carbonyl (C=O) groups excluding carboxylic acids is 4. The van der Waals surface area contributed by atoms with E-state index in [1.807, 2.05) is 0 Å². The van der Waals surface area contributed by atoms with Crippen molar-refractivity contribution < 1.29 is 64.4 Å². The molecule has 0 aromatic heterocycles. The number of hydrogen-bond acceptors (Lipinski definition) is 13. The van der Waals surface area contributed by atoms with E-state index in [9.17, 15) is 54.9 Å². The molecule has 238 valence electrons. The summed E-state index contributed by atoms with van der Waals surface area (Å²) < 4.78 is 11.0. The van der Waals surface area contributed by atoms with Crippen molar-refractivity contribution in [2.24, 2.45) is 5.92 Å².